The Morgan fingerprint density at radius 3 is 2.46 bits per heavy atom. The summed E-state index contributed by atoms with van der Waals surface area (Å²) in [6, 6.07) is 10.2. The van der Waals surface area contributed by atoms with Crippen LogP contribution in [0.2, 0.25) is 0 Å². The lowest BCUT2D eigenvalue weighted by molar-refractivity contribution is 0.157. The summed E-state index contributed by atoms with van der Waals surface area (Å²) in [7, 11) is 0. The van der Waals surface area contributed by atoms with Gasteiger partial charge in [-0.3, -0.25) is 9.89 Å². The lowest BCUT2D eigenvalue weighted by Gasteiger charge is -2.37. The molecule has 4 nitrogen and oxygen atoms in total. The van der Waals surface area contributed by atoms with E-state index in [1.54, 1.807) is 0 Å². The molecule has 2 aliphatic heterocycles. The van der Waals surface area contributed by atoms with Gasteiger partial charge in [0, 0.05) is 49.4 Å². The molecule has 1 saturated heterocycles. The Morgan fingerprint density at radius 2 is 1.88 bits per heavy atom. The van der Waals surface area contributed by atoms with Crippen molar-refractivity contribution in [2.24, 2.45) is 10.9 Å². The Kier molecular flexibility index (Phi) is 6.56. The molecule has 0 aliphatic carbocycles. The summed E-state index contributed by atoms with van der Waals surface area (Å²) in [6.07, 6.45) is 0.805. The highest BCUT2D eigenvalue weighted by atomic mass is 32.2. The quantitative estimate of drug-likeness (QED) is 0.770. The Labute approximate surface area is 161 Å². The highest BCUT2D eigenvalue weighted by Gasteiger charge is 2.47. The van der Waals surface area contributed by atoms with Gasteiger partial charge in [-0.15, -0.1) is 0 Å². The van der Waals surface area contributed by atoms with E-state index >= 15 is 0 Å². The summed E-state index contributed by atoms with van der Waals surface area (Å²) in [4.78, 5) is 7.58. The third-order valence-corrected chi connectivity index (χ3v) is 6.71. The minimum Gasteiger partial charge on any atom is -0.396 e. The van der Waals surface area contributed by atoms with E-state index in [1.807, 2.05) is 30.0 Å². The first-order chi connectivity index (χ1) is 12.7. The molecule has 2 aliphatic rings. The van der Waals surface area contributed by atoms with Crippen LogP contribution in [0.1, 0.15) is 25.8 Å². The maximum Gasteiger partial charge on any atom is 0.115 e. The zero-order valence-electron chi connectivity index (χ0n) is 15.8. The normalized spacial score (nSPS) is 25.5. The zero-order valence-corrected chi connectivity index (χ0v) is 16.6. The van der Waals surface area contributed by atoms with Gasteiger partial charge in [0.05, 0.1) is 6.61 Å². The van der Waals surface area contributed by atoms with Crippen LogP contribution in [0.3, 0.4) is 0 Å². The van der Waals surface area contributed by atoms with E-state index in [9.17, 15) is 10.2 Å². The SMILES string of the molecule is CCC(CO)C1(c2ccccc2)N=C(C)C(CN2CCSCC2)=C1CO. The van der Waals surface area contributed by atoms with Gasteiger partial charge in [0.1, 0.15) is 5.54 Å². The summed E-state index contributed by atoms with van der Waals surface area (Å²) in [5, 5.41) is 20.5. The Hall–Kier alpha value is -1.14. The van der Waals surface area contributed by atoms with Crippen LogP contribution in [-0.2, 0) is 5.54 Å². The van der Waals surface area contributed by atoms with Crippen LogP contribution in [0.25, 0.3) is 0 Å². The number of nitrogens with zero attached hydrogens (tertiary/aromatic N) is 2. The summed E-state index contributed by atoms with van der Waals surface area (Å²) in [6.45, 7) is 7.17. The van der Waals surface area contributed by atoms with Gasteiger partial charge in [-0.25, -0.2) is 0 Å². The van der Waals surface area contributed by atoms with Crippen molar-refractivity contribution < 1.29 is 10.2 Å². The molecule has 0 spiro atoms. The number of rotatable bonds is 7. The van der Waals surface area contributed by atoms with E-state index in [0.29, 0.717) is 0 Å². The van der Waals surface area contributed by atoms with Gasteiger partial charge in [-0.05, 0) is 30.1 Å². The topological polar surface area (TPSA) is 56.1 Å². The first-order valence-electron chi connectivity index (χ1n) is 9.54. The fourth-order valence-corrected chi connectivity index (χ4v) is 5.30. The van der Waals surface area contributed by atoms with Gasteiger partial charge < -0.3 is 10.2 Å². The van der Waals surface area contributed by atoms with Crippen molar-refractivity contribution >= 4 is 17.5 Å². The van der Waals surface area contributed by atoms with Crippen LogP contribution in [0.4, 0.5) is 0 Å². The van der Waals surface area contributed by atoms with Crippen LogP contribution in [0.5, 0.6) is 0 Å². The van der Waals surface area contributed by atoms with Crippen molar-refractivity contribution in [3.8, 4) is 0 Å². The molecule has 1 aromatic rings. The summed E-state index contributed by atoms with van der Waals surface area (Å²) in [5.74, 6) is 2.28. The summed E-state index contributed by atoms with van der Waals surface area (Å²) < 4.78 is 0. The molecule has 0 bridgehead atoms. The van der Waals surface area contributed by atoms with E-state index in [-0.39, 0.29) is 19.1 Å². The molecule has 5 heteroatoms. The molecule has 0 aromatic heterocycles. The predicted octanol–water partition coefficient (Wildman–Crippen LogP) is 2.71. The van der Waals surface area contributed by atoms with Crippen molar-refractivity contribution in [2.45, 2.75) is 25.8 Å². The minimum atomic E-state index is -0.649. The molecule has 0 saturated carbocycles. The molecule has 1 aromatic carbocycles. The Morgan fingerprint density at radius 1 is 1.19 bits per heavy atom. The molecule has 2 unspecified atom stereocenters. The third-order valence-electron chi connectivity index (χ3n) is 5.77. The Balaban J connectivity index is 2.08. The van der Waals surface area contributed by atoms with E-state index in [0.717, 1.165) is 60.0 Å². The molecule has 3 rings (SSSR count). The highest BCUT2D eigenvalue weighted by molar-refractivity contribution is 7.99. The maximum absolute atomic E-state index is 10.4. The average Bonchev–Trinajstić information content (AvgIpc) is 2.97. The Bertz CT molecular complexity index is 664. The number of hydrogen-bond donors (Lipinski definition) is 2. The van der Waals surface area contributed by atoms with Gasteiger partial charge in [-0.1, -0.05) is 37.3 Å². The second-order valence-corrected chi connectivity index (χ2v) is 8.35. The van der Waals surface area contributed by atoms with E-state index < -0.39 is 5.54 Å². The maximum atomic E-state index is 10.4. The predicted molar refractivity (Wildman–Crippen MR) is 110 cm³/mol. The number of benzene rings is 1. The van der Waals surface area contributed by atoms with Crippen molar-refractivity contribution in [1.29, 1.82) is 0 Å². The van der Waals surface area contributed by atoms with Crippen LogP contribution < -0.4 is 0 Å². The standard InChI is InChI=1S/C21H30N2O2S/c1-3-17(14-24)21(18-7-5-4-6-8-18)20(15-25)19(16(2)22-21)13-23-9-11-26-12-10-23/h4-8,17,24-25H,3,9-15H2,1-2H3. The number of aliphatic hydroxyl groups excluding tert-OH is 2. The van der Waals surface area contributed by atoms with Crippen molar-refractivity contribution in [3.05, 3.63) is 47.0 Å². The zero-order chi connectivity index (χ0) is 18.6. The fourth-order valence-electron chi connectivity index (χ4n) is 4.32. The second kappa shape index (κ2) is 8.70. The van der Waals surface area contributed by atoms with Gasteiger partial charge in [-0.2, -0.15) is 11.8 Å². The van der Waals surface area contributed by atoms with Gasteiger partial charge in [0.25, 0.3) is 0 Å². The molecule has 2 heterocycles. The first kappa shape index (κ1) is 19.6. The smallest absolute Gasteiger partial charge is 0.115 e. The molecule has 2 N–H and O–H groups in total. The second-order valence-electron chi connectivity index (χ2n) is 7.12. The van der Waals surface area contributed by atoms with Crippen LogP contribution >= 0.6 is 11.8 Å². The van der Waals surface area contributed by atoms with E-state index in [1.165, 1.54) is 0 Å². The van der Waals surface area contributed by atoms with E-state index in [4.69, 9.17) is 4.99 Å². The number of thioether (sulfide) groups is 1. The van der Waals surface area contributed by atoms with E-state index in [2.05, 4.69) is 30.9 Å². The van der Waals surface area contributed by atoms with Crippen LogP contribution in [-0.4, -0.2) is 65.2 Å². The lowest BCUT2D eigenvalue weighted by atomic mass is 9.72. The molecule has 142 valence electrons. The molecule has 1 fully saturated rings. The minimum absolute atomic E-state index is 0.0237. The van der Waals surface area contributed by atoms with Crippen LogP contribution in [0.15, 0.2) is 46.5 Å². The summed E-state index contributed by atoms with van der Waals surface area (Å²) in [5.41, 5.74) is 3.55. The monoisotopic (exact) mass is 374 g/mol. The molecule has 26 heavy (non-hydrogen) atoms. The average molecular weight is 375 g/mol. The van der Waals surface area contributed by atoms with Gasteiger partial charge >= 0.3 is 0 Å². The van der Waals surface area contributed by atoms with Crippen molar-refractivity contribution in [2.75, 3.05) is 44.4 Å². The molecule has 2 atom stereocenters. The van der Waals surface area contributed by atoms with Crippen molar-refractivity contribution in [3.63, 3.8) is 0 Å². The first-order valence-corrected chi connectivity index (χ1v) is 10.7. The number of aliphatic imine (C=N–C) groups is 1. The third kappa shape index (κ3) is 3.50. The van der Waals surface area contributed by atoms with Gasteiger partial charge in [0.15, 0.2) is 0 Å². The summed E-state index contributed by atoms with van der Waals surface area (Å²) >= 11 is 2.00. The number of hydrogen-bond acceptors (Lipinski definition) is 5. The molecular formula is C21H30N2O2S. The fraction of sp³-hybridized carbons (Fsp3) is 0.571. The molecular weight excluding hydrogens is 344 g/mol. The molecule has 0 radical (unpaired) electrons. The van der Waals surface area contributed by atoms with Crippen LogP contribution in [0, 0.1) is 5.92 Å². The largest absolute Gasteiger partial charge is 0.396 e. The molecule has 0 amide bonds. The van der Waals surface area contributed by atoms with Crippen molar-refractivity contribution in [1.82, 2.24) is 4.90 Å². The lowest BCUT2D eigenvalue weighted by Crippen LogP contribution is -2.39. The highest BCUT2D eigenvalue weighted by Crippen LogP contribution is 2.47. The van der Waals surface area contributed by atoms with Gasteiger partial charge in [0.2, 0.25) is 0 Å². The number of aliphatic hydroxyl groups is 2.